The molecule has 0 aromatic heterocycles. The molecule has 1 aliphatic carbocycles. The average Bonchev–Trinajstić information content (AvgIpc) is 2.62. The minimum absolute atomic E-state index is 0.302. The highest BCUT2D eigenvalue weighted by Crippen LogP contribution is 2.23. The molecule has 3 heteroatoms. The van der Waals surface area contributed by atoms with Crippen molar-refractivity contribution in [3.05, 3.63) is 66.3 Å². The Kier molecular flexibility index (Phi) is 7.11. The molecule has 1 aliphatic rings. The molecule has 1 N–H and O–H groups in total. The highest BCUT2D eigenvalue weighted by atomic mass is 16.5. The zero-order chi connectivity index (χ0) is 16.5. The maximum absolute atomic E-state index is 10.3. The fraction of sp³-hybridized carbons (Fsp3) is 0.400. The van der Waals surface area contributed by atoms with Crippen LogP contribution in [0.2, 0.25) is 0 Å². The molecule has 0 fully saturated rings. The lowest BCUT2D eigenvalue weighted by Gasteiger charge is -2.22. The van der Waals surface area contributed by atoms with Crippen LogP contribution < -0.4 is 4.74 Å². The first-order valence-electron chi connectivity index (χ1n) is 8.09. The Balaban J connectivity index is 1.82. The molecule has 0 aliphatic heterocycles. The second-order valence-corrected chi connectivity index (χ2v) is 5.82. The van der Waals surface area contributed by atoms with Crippen molar-refractivity contribution in [3.8, 4) is 5.75 Å². The number of ether oxygens (including phenoxy) is 2. The normalized spacial score (nSPS) is 19.4. The Bertz CT molecular complexity index is 543. The molecule has 0 amide bonds. The zero-order valence-electron chi connectivity index (χ0n) is 13.8. The van der Waals surface area contributed by atoms with Gasteiger partial charge in [-0.3, -0.25) is 0 Å². The van der Waals surface area contributed by atoms with Gasteiger partial charge in [0.15, 0.2) is 0 Å². The smallest absolute Gasteiger partial charge is 0.118 e. The van der Waals surface area contributed by atoms with E-state index in [0.29, 0.717) is 19.1 Å². The lowest BCUT2D eigenvalue weighted by Crippen LogP contribution is -2.20. The van der Waals surface area contributed by atoms with Crippen molar-refractivity contribution in [2.24, 2.45) is 5.92 Å². The number of aliphatic hydroxyl groups is 1. The molecule has 124 valence electrons. The summed E-state index contributed by atoms with van der Waals surface area (Å²) in [6.45, 7) is 4.80. The van der Waals surface area contributed by atoms with Crippen LogP contribution >= 0.6 is 0 Å². The van der Waals surface area contributed by atoms with Crippen LogP contribution in [0.1, 0.15) is 24.8 Å². The van der Waals surface area contributed by atoms with Gasteiger partial charge in [-0.25, -0.2) is 0 Å². The molecular formula is C20H26O3. The van der Waals surface area contributed by atoms with Gasteiger partial charge in [-0.2, -0.15) is 0 Å². The van der Waals surface area contributed by atoms with Crippen molar-refractivity contribution >= 4 is 0 Å². The summed E-state index contributed by atoms with van der Waals surface area (Å²) in [5.41, 5.74) is 2.02. The molecule has 2 atom stereocenters. The van der Waals surface area contributed by atoms with Gasteiger partial charge in [-0.05, 0) is 48.4 Å². The first-order chi connectivity index (χ1) is 11.2. The van der Waals surface area contributed by atoms with Gasteiger partial charge in [0.1, 0.15) is 5.75 Å². The Morgan fingerprint density at radius 3 is 2.74 bits per heavy atom. The lowest BCUT2D eigenvalue weighted by molar-refractivity contribution is 0.132. The average molecular weight is 314 g/mol. The Morgan fingerprint density at radius 1 is 1.35 bits per heavy atom. The van der Waals surface area contributed by atoms with E-state index in [1.165, 1.54) is 0 Å². The van der Waals surface area contributed by atoms with Crippen LogP contribution in [0, 0.1) is 5.92 Å². The molecule has 3 nitrogen and oxygen atoms in total. The maximum atomic E-state index is 10.3. The first-order valence-corrected chi connectivity index (χ1v) is 8.09. The van der Waals surface area contributed by atoms with Crippen LogP contribution in [0.5, 0.6) is 5.75 Å². The summed E-state index contributed by atoms with van der Waals surface area (Å²) in [5, 5.41) is 10.3. The number of hydrogen-bond acceptors (Lipinski definition) is 3. The second kappa shape index (κ2) is 9.33. The van der Waals surface area contributed by atoms with E-state index < -0.39 is 6.10 Å². The molecule has 0 saturated carbocycles. The van der Waals surface area contributed by atoms with E-state index in [9.17, 15) is 5.11 Å². The third-order valence-electron chi connectivity index (χ3n) is 4.14. The van der Waals surface area contributed by atoms with Crippen LogP contribution in [0.25, 0.3) is 0 Å². The molecule has 0 heterocycles. The van der Waals surface area contributed by atoms with Crippen LogP contribution in [-0.4, -0.2) is 24.9 Å². The number of hydrogen-bond donors (Lipinski definition) is 1. The quantitative estimate of drug-likeness (QED) is 0.581. The molecule has 1 aromatic carbocycles. The van der Waals surface area contributed by atoms with Crippen LogP contribution in [0.3, 0.4) is 0 Å². The van der Waals surface area contributed by atoms with Crippen molar-refractivity contribution in [2.75, 3.05) is 13.7 Å². The van der Waals surface area contributed by atoms with E-state index in [0.717, 1.165) is 36.1 Å². The maximum Gasteiger partial charge on any atom is 0.118 e. The van der Waals surface area contributed by atoms with Crippen molar-refractivity contribution in [1.82, 2.24) is 0 Å². The number of rotatable bonds is 8. The van der Waals surface area contributed by atoms with Crippen molar-refractivity contribution in [1.29, 1.82) is 0 Å². The minimum Gasteiger partial charge on any atom is -0.497 e. The molecule has 2 unspecified atom stereocenters. The lowest BCUT2D eigenvalue weighted by atomic mass is 9.88. The predicted octanol–water partition coefficient (Wildman–Crippen LogP) is 4.04. The summed E-state index contributed by atoms with van der Waals surface area (Å²) in [6.07, 6.45) is 10.6. The van der Waals surface area contributed by atoms with E-state index in [1.807, 2.05) is 30.3 Å². The number of methoxy groups -OCH3 is 1. The largest absolute Gasteiger partial charge is 0.497 e. The summed E-state index contributed by atoms with van der Waals surface area (Å²) in [6, 6.07) is 7.81. The second-order valence-electron chi connectivity index (χ2n) is 5.82. The van der Waals surface area contributed by atoms with Gasteiger partial charge in [0.25, 0.3) is 0 Å². The summed E-state index contributed by atoms with van der Waals surface area (Å²) < 4.78 is 10.9. The predicted molar refractivity (Wildman–Crippen MR) is 93.4 cm³/mol. The highest BCUT2D eigenvalue weighted by molar-refractivity contribution is 5.27. The molecule has 0 bridgehead atoms. The topological polar surface area (TPSA) is 38.7 Å². The fourth-order valence-corrected chi connectivity index (χ4v) is 2.67. The van der Waals surface area contributed by atoms with Crippen molar-refractivity contribution in [2.45, 2.75) is 32.0 Å². The summed E-state index contributed by atoms with van der Waals surface area (Å²) in [7, 11) is 1.65. The van der Waals surface area contributed by atoms with Crippen LogP contribution in [0.15, 0.2) is 60.7 Å². The van der Waals surface area contributed by atoms with Gasteiger partial charge >= 0.3 is 0 Å². The van der Waals surface area contributed by atoms with Crippen LogP contribution in [0.4, 0.5) is 0 Å². The monoisotopic (exact) mass is 314 g/mol. The summed E-state index contributed by atoms with van der Waals surface area (Å²) in [5.74, 6) is 1.14. The zero-order valence-corrected chi connectivity index (χ0v) is 13.8. The first kappa shape index (κ1) is 17.5. The van der Waals surface area contributed by atoms with E-state index in [4.69, 9.17) is 9.47 Å². The SMILES string of the molecule is C=C/C(=C/C(O)C1CC=CCC1)COCc1ccc(OC)cc1. The van der Waals surface area contributed by atoms with Crippen molar-refractivity contribution < 1.29 is 14.6 Å². The van der Waals surface area contributed by atoms with Gasteiger partial charge in [0.05, 0.1) is 26.4 Å². The van der Waals surface area contributed by atoms with Crippen LogP contribution in [-0.2, 0) is 11.3 Å². The minimum atomic E-state index is -0.433. The van der Waals surface area contributed by atoms with E-state index in [-0.39, 0.29) is 0 Å². The van der Waals surface area contributed by atoms with Crippen molar-refractivity contribution in [3.63, 3.8) is 0 Å². The van der Waals surface area contributed by atoms with Gasteiger partial charge in [0, 0.05) is 0 Å². The van der Waals surface area contributed by atoms with Gasteiger partial charge in [-0.15, -0.1) is 0 Å². The summed E-state index contributed by atoms with van der Waals surface area (Å²) >= 11 is 0. The third-order valence-corrected chi connectivity index (χ3v) is 4.14. The van der Waals surface area contributed by atoms with Gasteiger partial charge < -0.3 is 14.6 Å². The standard InChI is InChI=1S/C20H26O3/c1-3-16(13-20(21)18-7-5-4-6-8-18)14-23-15-17-9-11-19(22-2)12-10-17/h3-5,9-13,18,20-21H,1,6-8,14-15H2,2H3/b16-13-. The highest BCUT2D eigenvalue weighted by Gasteiger charge is 2.17. The third kappa shape index (κ3) is 5.70. The van der Waals surface area contributed by atoms with Gasteiger partial charge in [0.2, 0.25) is 0 Å². The van der Waals surface area contributed by atoms with E-state index in [1.54, 1.807) is 13.2 Å². The fourth-order valence-electron chi connectivity index (χ4n) is 2.67. The van der Waals surface area contributed by atoms with Gasteiger partial charge in [-0.1, -0.05) is 43.0 Å². The molecule has 0 radical (unpaired) electrons. The molecule has 0 spiro atoms. The molecule has 1 aromatic rings. The Morgan fingerprint density at radius 2 is 2.13 bits per heavy atom. The Hall–Kier alpha value is -1.84. The number of aliphatic hydroxyl groups excluding tert-OH is 1. The summed E-state index contributed by atoms with van der Waals surface area (Å²) in [4.78, 5) is 0. The number of benzene rings is 1. The molecule has 2 rings (SSSR count). The molecule has 23 heavy (non-hydrogen) atoms. The molecule has 0 saturated heterocycles. The number of allylic oxidation sites excluding steroid dienone is 2. The Labute approximate surface area is 138 Å². The van der Waals surface area contributed by atoms with E-state index >= 15 is 0 Å². The van der Waals surface area contributed by atoms with E-state index in [2.05, 4.69) is 18.7 Å². The molecular weight excluding hydrogens is 288 g/mol.